The number of hydrogen-bond donors (Lipinski definition) is 1. The fourth-order valence-corrected chi connectivity index (χ4v) is 3.60. The van der Waals surface area contributed by atoms with Crippen LogP contribution in [0.25, 0.3) is 0 Å². The van der Waals surface area contributed by atoms with Gasteiger partial charge in [0.15, 0.2) is 0 Å². The van der Waals surface area contributed by atoms with E-state index in [-0.39, 0.29) is 16.8 Å². The molecule has 0 unspecified atom stereocenters. The van der Waals surface area contributed by atoms with Crippen LogP contribution >= 0.6 is 0 Å². The summed E-state index contributed by atoms with van der Waals surface area (Å²) in [5.74, 6) is -0.365. The fourth-order valence-electron chi connectivity index (χ4n) is 3.04. The van der Waals surface area contributed by atoms with Crippen molar-refractivity contribution in [2.45, 2.75) is 30.8 Å². The maximum absolute atomic E-state index is 14.1. The second-order valence-corrected chi connectivity index (χ2v) is 7.50. The van der Waals surface area contributed by atoms with Gasteiger partial charge in [-0.1, -0.05) is 0 Å². The van der Waals surface area contributed by atoms with Crippen LogP contribution in [0.15, 0.2) is 41.3 Å². The summed E-state index contributed by atoms with van der Waals surface area (Å²) in [5.41, 5.74) is 2.56. The highest BCUT2D eigenvalue weighted by Crippen LogP contribution is 2.35. The van der Waals surface area contributed by atoms with Crippen molar-refractivity contribution in [2.24, 2.45) is 5.14 Å². The number of nitriles is 1. The minimum Gasteiger partial charge on any atom is -0.364 e. The van der Waals surface area contributed by atoms with E-state index in [4.69, 9.17) is 10.4 Å². The molecule has 2 aromatic carbocycles. The van der Waals surface area contributed by atoms with Gasteiger partial charge in [-0.25, -0.2) is 17.9 Å². The van der Waals surface area contributed by atoms with Crippen molar-refractivity contribution in [1.29, 1.82) is 5.26 Å². The van der Waals surface area contributed by atoms with E-state index in [0.717, 1.165) is 11.3 Å². The molecule has 0 saturated heterocycles. The molecule has 0 saturated carbocycles. The third kappa shape index (κ3) is 2.98. The standard InChI is InChI=1S/C17H16FN3O2S/c1-11-6-13-8-15(24(20,22)23)3-5-17(13)21(11)10-14-7-12(9-19)2-4-16(14)18/h2-5,7-8,11H,6,10H2,1H3,(H2,20,22,23)/t11-/m1/s1. The molecule has 0 spiro atoms. The average Bonchev–Trinajstić information content (AvgIpc) is 2.83. The Labute approximate surface area is 140 Å². The molecule has 0 bridgehead atoms. The third-order valence-corrected chi connectivity index (χ3v) is 5.16. The average molecular weight is 345 g/mol. The molecular weight excluding hydrogens is 329 g/mol. The number of rotatable bonds is 3. The summed E-state index contributed by atoms with van der Waals surface area (Å²) in [5, 5.41) is 14.1. The number of fused-ring (bicyclic) bond motifs is 1. The monoisotopic (exact) mass is 345 g/mol. The number of sulfonamides is 1. The van der Waals surface area contributed by atoms with Crippen molar-refractivity contribution >= 4 is 15.7 Å². The molecule has 0 fully saturated rings. The van der Waals surface area contributed by atoms with Crippen LogP contribution in [-0.2, 0) is 23.0 Å². The zero-order chi connectivity index (χ0) is 17.5. The van der Waals surface area contributed by atoms with Crippen LogP contribution in [0.4, 0.5) is 10.1 Å². The molecule has 1 atom stereocenters. The number of primary sulfonamides is 1. The lowest BCUT2D eigenvalue weighted by Gasteiger charge is -2.25. The van der Waals surface area contributed by atoms with Crippen molar-refractivity contribution < 1.29 is 12.8 Å². The van der Waals surface area contributed by atoms with Gasteiger partial charge in [-0.05, 0) is 55.3 Å². The molecule has 0 amide bonds. The Balaban J connectivity index is 1.96. The highest BCUT2D eigenvalue weighted by atomic mass is 32.2. The second-order valence-electron chi connectivity index (χ2n) is 5.93. The predicted octanol–water partition coefficient (Wildman–Crippen LogP) is 2.30. The summed E-state index contributed by atoms with van der Waals surface area (Å²) in [6, 6.07) is 11.1. The zero-order valence-corrected chi connectivity index (χ0v) is 13.8. The lowest BCUT2D eigenvalue weighted by atomic mass is 10.1. The molecule has 0 radical (unpaired) electrons. The normalized spacial score (nSPS) is 16.8. The number of nitrogens with two attached hydrogens (primary N) is 1. The van der Waals surface area contributed by atoms with Gasteiger partial charge >= 0.3 is 0 Å². The van der Waals surface area contributed by atoms with E-state index in [0.29, 0.717) is 24.1 Å². The van der Waals surface area contributed by atoms with E-state index in [9.17, 15) is 12.8 Å². The van der Waals surface area contributed by atoms with Gasteiger partial charge in [-0.3, -0.25) is 0 Å². The Kier molecular flexibility index (Phi) is 4.03. The van der Waals surface area contributed by atoms with Crippen LogP contribution in [0.5, 0.6) is 0 Å². The van der Waals surface area contributed by atoms with Gasteiger partial charge in [0.05, 0.1) is 16.5 Å². The highest BCUT2D eigenvalue weighted by Gasteiger charge is 2.28. The summed E-state index contributed by atoms with van der Waals surface area (Å²) in [6.45, 7) is 2.30. The van der Waals surface area contributed by atoms with Gasteiger partial charge in [-0.2, -0.15) is 5.26 Å². The minimum absolute atomic E-state index is 0.0768. The van der Waals surface area contributed by atoms with Crippen LogP contribution in [0.1, 0.15) is 23.6 Å². The first-order valence-electron chi connectivity index (χ1n) is 7.40. The van der Waals surface area contributed by atoms with Crippen LogP contribution < -0.4 is 10.0 Å². The molecular formula is C17H16FN3O2S. The first kappa shape index (κ1) is 16.4. The first-order chi connectivity index (χ1) is 11.3. The van der Waals surface area contributed by atoms with Crippen molar-refractivity contribution in [3.05, 3.63) is 58.9 Å². The summed E-state index contributed by atoms with van der Waals surface area (Å²) >= 11 is 0. The van der Waals surface area contributed by atoms with Gasteiger partial charge < -0.3 is 4.90 Å². The first-order valence-corrected chi connectivity index (χ1v) is 8.95. The third-order valence-electron chi connectivity index (χ3n) is 4.25. The molecule has 0 aliphatic carbocycles. The Morgan fingerprint density at radius 2 is 2.08 bits per heavy atom. The molecule has 2 aromatic rings. The lowest BCUT2D eigenvalue weighted by Crippen LogP contribution is -2.29. The van der Waals surface area contributed by atoms with Gasteiger partial charge in [0.2, 0.25) is 10.0 Å². The summed E-state index contributed by atoms with van der Waals surface area (Å²) < 4.78 is 37.0. The van der Waals surface area contributed by atoms with Crippen molar-refractivity contribution in [1.82, 2.24) is 0 Å². The van der Waals surface area contributed by atoms with Gasteiger partial charge in [0.25, 0.3) is 0 Å². The molecule has 7 heteroatoms. The Bertz CT molecular complexity index is 951. The summed E-state index contributed by atoms with van der Waals surface area (Å²) in [6.07, 6.45) is 0.651. The number of hydrogen-bond acceptors (Lipinski definition) is 4. The van der Waals surface area contributed by atoms with Gasteiger partial charge in [0.1, 0.15) is 5.82 Å². The number of anilines is 1. The SMILES string of the molecule is C[C@@H]1Cc2cc(S(N)(=O)=O)ccc2N1Cc1cc(C#N)ccc1F. The molecule has 1 aliphatic heterocycles. The molecule has 124 valence electrons. The molecule has 0 aromatic heterocycles. The van der Waals surface area contributed by atoms with Crippen LogP contribution in [0.3, 0.4) is 0 Å². The van der Waals surface area contributed by atoms with Crippen LogP contribution in [-0.4, -0.2) is 14.5 Å². The van der Waals surface area contributed by atoms with Crippen molar-refractivity contribution in [3.8, 4) is 6.07 Å². The van der Waals surface area contributed by atoms with E-state index in [1.54, 1.807) is 18.2 Å². The number of nitrogens with zero attached hydrogens (tertiary/aromatic N) is 2. The Morgan fingerprint density at radius 3 is 2.75 bits per heavy atom. The minimum atomic E-state index is -3.75. The summed E-state index contributed by atoms with van der Waals surface area (Å²) in [4.78, 5) is 2.08. The maximum Gasteiger partial charge on any atom is 0.238 e. The van der Waals surface area contributed by atoms with E-state index >= 15 is 0 Å². The quantitative estimate of drug-likeness (QED) is 0.924. The van der Waals surface area contributed by atoms with Crippen molar-refractivity contribution in [2.75, 3.05) is 4.90 Å². The molecule has 3 rings (SSSR count). The topological polar surface area (TPSA) is 87.2 Å². The van der Waals surface area contributed by atoms with Crippen LogP contribution in [0.2, 0.25) is 0 Å². The highest BCUT2D eigenvalue weighted by molar-refractivity contribution is 7.89. The molecule has 24 heavy (non-hydrogen) atoms. The largest absolute Gasteiger partial charge is 0.364 e. The zero-order valence-electron chi connectivity index (χ0n) is 13.0. The van der Waals surface area contributed by atoms with Gasteiger partial charge in [-0.15, -0.1) is 0 Å². The van der Waals surface area contributed by atoms with Crippen LogP contribution in [0, 0.1) is 17.1 Å². The van der Waals surface area contributed by atoms with E-state index in [1.165, 1.54) is 18.2 Å². The van der Waals surface area contributed by atoms with Gasteiger partial charge in [0, 0.05) is 23.8 Å². The van der Waals surface area contributed by atoms with E-state index in [2.05, 4.69) is 0 Å². The molecule has 1 heterocycles. The number of halogens is 1. The summed E-state index contributed by atoms with van der Waals surface area (Å²) in [7, 11) is -3.75. The lowest BCUT2D eigenvalue weighted by molar-refractivity contribution is 0.592. The maximum atomic E-state index is 14.1. The molecule has 2 N–H and O–H groups in total. The van der Waals surface area contributed by atoms with Crippen molar-refractivity contribution in [3.63, 3.8) is 0 Å². The van der Waals surface area contributed by atoms with E-state index in [1.807, 2.05) is 17.9 Å². The van der Waals surface area contributed by atoms with E-state index < -0.39 is 10.0 Å². The smallest absolute Gasteiger partial charge is 0.238 e. The Hall–Kier alpha value is -2.43. The number of benzene rings is 2. The predicted molar refractivity (Wildman–Crippen MR) is 88.3 cm³/mol. The molecule has 1 aliphatic rings. The fraction of sp³-hybridized carbons (Fsp3) is 0.235. The molecule has 5 nitrogen and oxygen atoms in total. The second kappa shape index (κ2) is 5.89. The Morgan fingerprint density at radius 1 is 1.33 bits per heavy atom.